The van der Waals surface area contributed by atoms with Crippen LogP contribution in [0.25, 0.3) is 0 Å². The van der Waals surface area contributed by atoms with Gasteiger partial charge in [-0.2, -0.15) is 0 Å². The summed E-state index contributed by atoms with van der Waals surface area (Å²) in [7, 11) is 1.73. The zero-order chi connectivity index (χ0) is 21.1. The molecule has 0 unspecified atom stereocenters. The molecule has 1 fully saturated rings. The van der Waals surface area contributed by atoms with Crippen LogP contribution >= 0.6 is 12.2 Å². The van der Waals surface area contributed by atoms with Gasteiger partial charge >= 0.3 is 0 Å². The summed E-state index contributed by atoms with van der Waals surface area (Å²) in [6.45, 7) is 5.86. The van der Waals surface area contributed by atoms with Crippen LogP contribution in [0.1, 0.15) is 48.8 Å². The largest absolute Gasteiger partial charge is 0.383 e. The standard InChI is InChI=1S/C24H28N4OS/c1-17(2)18-9-11-19(12-10-18)28-23(21-8-6-14-27(21)15-16-29-3)22(26-24(28)30)20-7-4-5-13-25-20/h4-14,17,22-23H,15-16H2,1-3H3,(H,26,30)/t22-,23-/m0/s1. The van der Waals surface area contributed by atoms with Crippen molar-refractivity contribution in [1.29, 1.82) is 0 Å². The molecular weight excluding hydrogens is 392 g/mol. The molecule has 30 heavy (non-hydrogen) atoms. The van der Waals surface area contributed by atoms with Crippen LogP contribution in [0.5, 0.6) is 0 Å². The van der Waals surface area contributed by atoms with E-state index < -0.39 is 0 Å². The monoisotopic (exact) mass is 420 g/mol. The molecule has 0 radical (unpaired) electrons. The zero-order valence-corrected chi connectivity index (χ0v) is 18.5. The molecule has 1 aromatic carbocycles. The number of anilines is 1. The number of hydrogen-bond acceptors (Lipinski definition) is 3. The Hall–Kier alpha value is -2.70. The molecule has 5 nitrogen and oxygen atoms in total. The lowest BCUT2D eigenvalue weighted by molar-refractivity contribution is 0.186. The minimum Gasteiger partial charge on any atom is -0.383 e. The second kappa shape index (κ2) is 8.98. The number of pyridine rings is 1. The highest BCUT2D eigenvalue weighted by Crippen LogP contribution is 2.41. The maximum absolute atomic E-state index is 5.82. The molecule has 3 aromatic rings. The molecule has 1 aliphatic heterocycles. The lowest BCUT2D eigenvalue weighted by atomic mass is 9.99. The van der Waals surface area contributed by atoms with Gasteiger partial charge in [0, 0.05) is 37.4 Å². The second-order valence-corrected chi connectivity index (χ2v) is 8.25. The van der Waals surface area contributed by atoms with E-state index in [-0.39, 0.29) is 12.1 Å². The summed E-state index contributed by atoms with van der Waals surface area (Å²) in [6, 6.07) is 18.9. The summed E-state index contributed by atoms with van der Waals surface area (Å²) in [6.07, 6.45) is 3.94. The van der Waals surface area contributed by atoms with Crippen molar-refractivity contribution in [3.05, 3.63) is 83.9 Å². The first-order valence-electron chi connectivity index (χ1n) is 10.3. The van der Waals surface area contributed by atoms with Crippen molar-refractivity contribution < 1.29 is 4.74 Å². The van der Waals surface area contributed by atoms with Crippen molar-refractivity contribution in [3.63, 3.8) is 0 Å². The molecule has 6 heteroatoms. The summed E-state index contributed by atoms with van der Waals surface area (Å²) in [4.78, 5) is 6.85. The Bertz CT molecular complexity index is 984. The molecule has 0 bridgehead atoms. The minimum atomic E-state index is -0.0420. The molecule has 0 spiro atoms. The number of aromatic nitrogens is 2. The topological polar surface area (TPSA) is 42.3 Å². The van der Waals surface area contributed by atoms with Gasteiger partial charge in [-0.3, -0.25) is 4.98 Å². The normalized spacial score (nSPS) is 18.8. The van der Waals surface area contributed by atoms with Gasteiger partial charge in [-0.15, -0.1) is 0 Å². The Balaban J connectivity index is 1.78. The fourth-order valence-electron chi connectivity index (χ4n) is 4.04. The SMILES string of the molecule is COCCn1cccc1[C@H]1[C@H](c2ccccn2)NC(=S)N1c1ccc(C(C)C)cc1. The molecule has 1 N–H and O–H groups in total. The average Bonchev–Trinajstić information content (AvgIpc) is 3.36. The van der Waals surface area contributed by atoms with Gasteiger partial charge in [0.1, 0.15) is 6.04 Å². The number of nitrogens with zero attached hydrogens (tertiary/aromatic N) is 3. The Morgan fingerprint density at radius 1 is 1.10 bits per heavy atom. The van der Waals surface area contributed by atoms with Crippen LogP contribution in [0.2, 0.25) is 0 Å². The Morgan fingerprint density at radius 3 is 2.57 bits per heavy atom. The number of hydrogen-bond donors (Lipinski definition) is 1. The van der Waals surface area contributed by atoms with E-state index in [9.17, 15) is 0 Å². The van der Waals surface area contributed by atoms with Gasteiger partial charge in [0.2, 0.25) is 0 Å². The van der Waals surface area contributed by atoms with E-state index in [1.54, 1.807) is 7.11 Å². The number of ether oxygens (including phenoxy) is 1. The van der Waals surface area contributed by atoms with Gasteiger partial charge in [-0.05, 0) is 60.1 Å². The fraction of sp³-hybridized carbons (Fsp3) is 0.333. The third-order valence-corrected chi connectivity index (χ3v) is 5.95. The first-order valence-corrected chi connectivity index (χ1v) is 10.8. The molecule has 2 aromatic heterocycles. The molecule has 4 rings (SSSR count). The van der Waals surface area contributed by atoms with Crippen LogP contribution in [0.3, 0.4) is 0 Å². The summed E-state index contributed by atoms with van der Waals surface area (Å²) in [5.41, 5.74) is 4.56. The number of rotatable bonds is 7. The van der Waals surface area contributed by atoms with Crippen molar-refractivity contribution in [2.75, 3.05) is 18.6 Å². The van der Waals surface area contributed by atoms with Crippen molar-refractivity contribution in [2.45, 2.75) is 38.4 Å². The number of benzene rings is 1. The van der Waals surface area contributed by atoms with Crippen molar-refractivity contribution in [3.8, 4) is 0 Å². The highest BCUT2D eigenvalue weighted by Gasteiger charge is 2.41. The Labute approximate surface area is 183 Å². The maximum Gasteiger partial charge on any atom is 0.174 e. The van der Waals surface area contributed by atoms with E-state index in [2.05, 4.69) is 82.3 Å². The lowest BCUT2D eigenvalue weighted by Crippen LogP contribution is -2.30. The van der Waals surface area contributed by atoms with Gasteiger partial charge in [0.15, 0.2) is 5.11 Å². The summed E-state index contributed by atoms with van der Waals surface area (Å²) < 4.78 is 7.57. The third-order valence-electron chi connectivity index (χ3n) is 5.64. The maximum atomic E-state index is 5.82. The van der Waals surface area contributed by atoms with E-state index in [4.69, 9.17) is 17.0 Å². The van der Waals surface area contributed by atoms with Gasteiger partial charge in [0.05, 0.1) is 18.3 Å². The average molecular weight is 421 g/mol. The first-order chi connectivity index (χ1) is 14.6. The van der Waals surface area contributed by atoms with Gasteiger partial charge in [-0.25, -0.2) is 0 Å². The van der Waals surface area contributed by atoms with Gasteiger partial charge in [-0.1, -0.05) is 32.0 Å². The number of nitrogens with one attached hydrogen (secondary N) is 1. The van der Waals surface area contributed by atoms with E-state index in [0.29, 0.717) is 17.6 Å². The minimum absolute atomic E-state index is 0.0100. The third kappa shape index (κ3) is 3.98. The summed E-state index contributed by atoms with van der Waals surface area (Å²) in [5, 5.41) is 4.24. The lowest BCUT2D eigenvalue weighted by Gasteiger charge is -2.29. The van der Waals surface area contributed by atoms with Gasteiger partial charge < -0.3 is 19.5 Å². The fourth-order valence-corrected chi connectivity index (χ4v) is 4.39. The first kappa shape index (κ1) is 20.6. The predicted octanol–water partition coefficient (Wildman–Crippen LogP) is 4.83. The zero-order valence-electron chi connectivity index (χ0n) is 17.7. The smallest absolute Gasteiger partial charge is 0.174 e. The molecule has 0 aliphatic carbocycles. The molecule has 2 atom stereocenters. The highest BCUT2D eigenvalue weighted by atomic mass is 32.1. The molecule has 156 valence electrons. The Morgan fingerprint density at radius 2 is 1.90 bits per heavy atom. The molecule has 1 aliphatic rings. The van der Waals surface area contributed by atoms with Gasteiger partial charge in [0.25, 0.3) is 0 Å². The quantitative estimate of drug-likeness (QED) is 0.555. The van der Waals surface area contributed by atoms with Crippen LogP contribution in [-0.4, -0.2) is 28.4 Å². The van der Waals surface area contributed by atoms with Crippen molar-refractivity contribution in [2.24, 2.45) is 0 Å². The predicted molar refractivity (Wildman–Crippen MR) is 125 cm³/mol. The van der Waals surface area contributed by atoms with Crippen LogP contribution < -0.4 is 10.2 Å². The van der Waals surface area contributed by atoms with Crippen LogP contribution in [0, 0.1) is 0 Å². The molecule has 3 heterocycles. The van der Waals surface area contributed by atoms with Crippen molar-refractivity contribution >= 4 is 23.0 Å². The van der Waals surface area contributed by atoms with E-state index in [1.165, 1.54) is 11.3 Å². The molecule has 0 saturated carbocycles. The second-order valence-electron chi connectivity index (χ2n) is 7.86. The van der Waals surface area contributed by atoms with E-state index in [1.807, 2.05) is 18.3 Å². The van der Waals surface area contributed by atoms with E-state index in [0.717, 1.165) is 17.9 Å². The van der Waals surface area contributed by atoms with Crippen molar-refractivity contribution in [1.82, 2.24) is 14.9 Å². The molecular formula is C24H28N4OS. The van der Waals surface area contributed by atoms with Crippen LogP contribution in [0.15, 0.2) is 67.0 Å². The highest BCUT2D eigenvalue weighted by molar-refractivity contribution is 7.80. The molecule has 0 amide bonds. The Kier molecular flexibility index (Phi) is 6.16. The summed E-state index contributed by atoms with van der Waals surface area (Å²) in [5.74, 6) is 0.492. The number of thiocarbonyl (C=S) groups is 1. The summed E-state index contributed by atoms with van der Waals surface area (Å²) >= 11 is 5.82. The number of methoxy groups -OCH3 is 1. The van der Waals surface area contributed by atoms with E-state index >= 15 is 0 Å². The molecule has 1 saturated heterocycles. The van der Waals surface area contributed by atoms with Crippen LogP contribution in [-0.2, 0) is 11.3 Å². The van der Waals surface area contributed by atoms with Crippen LogP contribution in [0.4, 0.5) is 5.69 Å².